The van der Waals surface area contributed by atoms with E-state index in [9.17, 15) is 18.4 Å². The largest absolute Gasteiger partial charge is 0.346 e. The van der Waals surface area contributed by atoms with Crippen molar-refractivity contribution in [3.05, 3.63) is 23.2 Å². The zero-order valence-electron chi connectivity index (χ0n) is 11.3. The van der Waals surface area contributed by atoms with Crippen molar-refractivity contribution >= 4 is 53.3 Å². The van der Waals surface area contributed by atoms with Crippen molar-refractivity contribution in [2.24, 2.45) is 5.73 Å². The van der Waals surface area contributed by atoms with Crippen molar-refractivity contribution in [1.29, 1.82) is 0 Å². The van der Waals surface area contributed by atoms with E-state index in [0.717, 1.165) is 11.8 Å². The molecule has 22 heavy (non-hydrogen) atoms. The lowest BCUT2D eigenvalue weighted by Gasteiger charge is -2.12. The van der Waals surface area contributed by atoms with Gasteiger partial charge in [0.15, 0.2) is 0 Å². The minimum Gasteiger partial charge on any atom is -0.346 e. The molecule has 0 saturated heterocycles. The van der Waals surface area contributed by atoms with E-state index in [2.05, 4.69) is 10.6 Å². The first kappa shape index (κ1) is 20.9. The maximum Gasteiger partial charge on any atom is 0.247 e. The van der Waals surface area contributed by atoms with Gasteiger partial charge in [0.25, 0.3) is 0 Å². The van der Waals surface area contributed by atoms with Gasteiger partial charge in [0.2, 0.25) is 18.2 Å². The van der Waals surface area contributed by atoms with Gasteiger partial charge in [0, 0.05) is 4.90 Å². The number of thioether (sulfide) groups is 1. The van der Waals surface area contributed by atoms with Crippen LogP contribution in [0.3, 0.4) is 0 Å². The molecule has 0 fully saturated rings. The van der Waals surface area contributed by atoms with Crippen LogP contribution in [0.4, 0.5) is 14.5 Å². The van der Waals surface area contributed by atoms with Gasteiger partial charge in [-0.25, -0.2) is 8.78 Å². The molecule has 0 bridgehead atoms. The van der Waals surface area contributed by atoms with E-state index in [-0.39, 0.29) is 30.5 Å². The highest BCUT2D eigenvalue weighted by Gasteiger charge is 2.13. The molecule has 1 aromatic carbocycles. The minimum atomic E-state index is -2.49. The van der Waals surface area contributed by atoms with Crippen LogP contribution in [0.2, 0.25) is 5.02 Å². The van der Waals surface area contributed by atoms with Gasteiger partial charge < -0.3 is 16.4 Å². The summed E-state index contributed by atoms with van der Waals surface area (Å²) in [5.74, 6) is -1.40. The molecule has 0 aliphatic rings. The Kier molecular flexibility index (Phi) is 10.1. The smallest absolute Gasteiger partial charge is 0.247 e. The summed E-state index contributed by atoms with van der Waals surface area (Å²) in [5, 5.41) is 5.08. The molecule has 10 heteroatoms. The molecule has 1 aromatic rings. The Hall–Kier alpha value is -1.09. The summed E-state index contributed by atoms with van der Waals surface area (Å²) in [6, 6.07) is 4.67. The Morgan fingerprint density at radius 3 is 2.59 bits per heavy atom. The summed E-state index contributed by atoms with van der Waals surface area (Å²) in [6.07, 6.45) is -2.49. The molecule has 1 rings (SSSR count). The zero-order chi connectivity index (χ0) is 15.8. The molecule has 0 saturated carbocycles. The molecular formula is C12H15Cl2F2N3O2S. The SMILES string of the molecule is Cl.NCC(=O)NCC(=O)Nc1cccc(Cl)c1SCC(F)F. The molecule has 0 aromatic heterocycles. The number of halogens is 4. The van der Waals surface area contributed by atoms with Gasteiger partial charge in [-0.1, -0.05) is 17.7 Å². The Balaban J connectivity index is 0.00000441. The highest BCUT2D eigenvalue weighted by molar-refractivity contribution is 7.99. The molecule has 0 radical (unpaired) electrons. The third-order valence-corrected chi connectivity index (χ3v) is 3.80. The Bertz CT molecular complexity index is 521. The number of alkyl halides is 2. The van der Waals surface area contributed by atoms with E-state index in [0.29, 0.717) is 10.6 Å². The van der Waals surface area contributed by atoms with Gasteiger partial charge in [0.1, 0.15) is 0 Å². The van der Waals surface area contributed by atoms with Crippen LogP contribution < -0.4 is 16.4 Å². The first-order valence-corrected chi connectivity index (χ1v) is 7.26. The van der Waals surface area contributed by atoms with Gasteiger partial charge >= 0.3 is 0 Å². The fourth-order valence-electron chi connectivity index (χ4n) is 1.35. The van der Waals surface area contributed by atoms with Gasteiger partial charge in [0.05, 0.1) is 29.6 Å². The molecule has 124 valence electrons. The lowest BCUT2D eigenvalue weighted by molar-refractivity contribution is -0.123. The van der Waals surface area contributed by atoms with Gasteiger partial charge in [-0.3, -0.25) is 9.59 Å². The summed E-state index contributed by atoms with van der Waals surface area (Å²) in [5.41, 5.74) is 5.41. The van der Waals surface area contributed by atoms with Crippen molar-refractivity contribution in [2.75, 3.05) is 24.2 Å². The number of carbonyl (C=O) groups excluding carboxylic acids is 2. The number of hydrogen-bond acceptors (Lipinski definition) is 4. The number of amides is 2. The summed E-state index contributed by atoms with van der Waals surface area (Å²) in [4.78, 5) is 23.0. The number of nitrogens with two attached hydrogens (primary N) is 1. The van der Waals surface area contributed by atoms with Crippen LogP contribution >= 0.6 is 35.8 Å². The molecule has 0 heterocycles. The number of carbonyl (C=O) groups is 2. The van der Waals surface area contributed by atoms with Crippen molar-refractivity contribution < 1.29 is 18.4 Å². The second-order valence-corrected chi connectivity index (χ2v) is 5.29. The predicted molar refractivity (Wildman–Crippen MR) is 86.1 cm³/mol. The monoisotopic (exact) mass is 373 g/mol. The van der Waals surface area contributed by atoms with E-state index >= 15 is 0 Å². The average molecular weight is 374 g/mol. The van der Waals surface area contributed by atoms with Crippen LogP contribution in [0, 0.1) is 0 Å². The van der Waals surface area contributed by atoms with Crippen LogP contribution in [-0.4, -0.2) is 37.1 Å². The van der Waals surface area contributed by atoms with E-state index in [1.54, 1.807) is 18.2 Å². The molecule has 0 spiro atoms. The third kappa shape index (κ3) is 7.26. The van der Waals surface area contributed by atoms with E-state index in [1.165, 1.54) is 0 Å². The molecule has 0 atom stereocenters. The maximum absolute atomic E-state index is 12.3. The van der Waals surface area contributed by atoms with Crippen LogP contribution in [-0.2, 0) is 9.59 Å². The fraction of sp³-hybridized carbons (Fsp3) is 0.333. The Morgan fingerprint density at radius 2 is 2.00 bits per heavy atom. The topological polar surface area (TPSA) is 84.2 Å². The van der Waals surface area contributed by atoms with Crippen LogP contribution in [0.5, 0.6) is 0 Å². The standard InChI is InChI=1S/C12H14ClF2N3O2S.ClH/c13-7-2-1-3-8(12(7)21-6-9(14)15)18-11(20)5-17-10(19)4-16;/h1-3,9H,4-6,16H2,(H,17,19)(H,18,20);1H. The molecule has 4 N–H and O–H groups in total. The first-order chi connectivity index (χ1) is 9.93. The summed E-state index contributed by atoms with van der Waals surface area (Å²) >= 11 is 6.79. The third-order valence-electron chi connectivity index (χ3n) is 2.23. The number of anilines is 1. The lowest BCUT2D eigenvalue weighted by atomic mass is 10.3. The highest BCUT2D eigenvalue weighted by Crippen LogP contribution is 2.34. The molecule has 5 nitrogen and oxygen atoms in total. The summed E-state index contributed by atoms with van der Waals surface area (Å²) < 4.78 is 24.6. The fourth-order valence-corrected chi connectivity index (χ4v) is 2.46. The predicted octanol–water partition coefficient (Wildman–Crippen LogP) is 2.13. The molecule has 0 aliphatic heterocycles. The highest BCUT2D eigenvalue weighted by atomic mass is 35.5. The van der Waals surface area contributed by atoms with Crippen molar-refractivity contribution in [1.82, 2.24) is 5.32 Å². The maximum atomic E-state index is 12.3. The molecule has 0 unspecified atom stereocenters. The number of hydrogen-bond donors (Lipinski definition) is 3. The van der Waals surface area contributed by atoms with Crippen molar-refractivity contribution in [2.45, 2.75) is 11.3 Å². The van der Waals surface area contributed by atoms with Crippen LogP contribution in [0.15, 0.2) is 23.1 Å². The quantitative estimate of drug-likeness (QED) is 0.639. The second kappa shape index (κ2) is 10.6. The number of nitrogens with one attached hydrogen (secondary N) is 2. The Morgan fingerprint density at radius 1 is 1.32 bits per heavy atom. The first-order valence-electron chi connectivity index (χ1n) is 5.90. The zero-order valence-corrected chi connectivity index (χ0v) is 13.7. The Labute approximate surface area is 141 Å². The lowest BCUT2D eigenvalue weighted by Crippen LogP contribution is -2.36. The van der Waals surface area contributed by atoms with Gasteiger partial charge in [-0.15, -0.1) is 24.2 Å². The second-order valence-electron chi connectivity index (χ2n) is 3.85. The van der Waals surface area contributed by atoms with Crippen LogP contribution in [0.1, 0.15) is 0 Å². The number of rotatable bonds is 7. The van der Waals surface area contributed by atoms with E-state index < -0.39 is 24.0 Å². The van der Waals surface area contributed by atoms with Crippen LogP contribution in [0.25, 0.3) is 0 Å². The minimum absolute atomic E-state index is 0. The van der Waals surface area contributed by atoms with E-state index in [1.807, 2.05) is 0 Å². The molecule has 0 aliphatic carbocycles. The number of benzene rings is 1. The normalized spacial score (nSPS) is 10.0. The molecular weight excluding hydrogens is 359 g/mol. The summed E-state index contributed by atoms with van der Waals surface area (Å²) in [6.45, 7) is -0.485. The molecule has 2 amide bonds. The van der Waals surface area contributed by atoms with Crippen molar-refractivity contribution in [3.8, 4) is 0 Å². The van der Waals surface area contributed by atoms with Gasteiger partial charge in [-0.2, -0.15) is 0 Å². The average Bonchev–Trinajstić information content (AvgIpc) is 2.43. The summed E-state index contributed by atoms with van der Waals surface area (Å²) in [7, 11) is 0. The van der Waals surface area contributed by atoms with Crippen molar-refractivity contribution in [3.63, 3.8) is 0 Å². The van der Waals surface area contributed by atoms with Gasteiger partial charge in [-0.05, 0) is 12.1 Å². The van der Waals surface area contributed by atoms with E-state index in [4.69, 9.17) is 17.3 Å².